The smallest absolute Gasteiger partial charge is 0.178 e. The van der Waals surface area contributed by atoms with Gasteiger partial charge in [0.2, 0.25) is 0 Å². The van der Waals surface area contributed by atoms with Crippen molar-refractivity contribution in [3.63, 3.8) is 0 Å². The fourth-order valence-corrected chi connectivity index (χ4v) is 2.61. The molecule has 1 fully saturated rings. The lowest BCUT2D eigenvalue weighted by Gasteiger charge is -2.24. The number of hydrogen-bond acceptors (Lipinski definition) is 4. The highest BCUT2D eigenvalue weighted by Gasteiger charge is 2.17. The van der Waals surface area contributed by atoms with Crippen LogP contribution in [0.1, 0.15) is 30.4 Å². The van der Waals surface area contributed by atoms with Crippen LogP contribution in [-0.2, 0) is 6.42 Å². The summed E-state index contributed by atoms with van der Waals surface area (Å²) in [5.41, 5.74) is 1.65. The van der Waals surface area contributed by atoms with E-state index >= 15 is 0 Å². The van der Waals surface area contributed by atoms with Crippen LogP contribution in [0.5, 0.6) is 11.5 Å². The third-order valence-electron chi connectivity index (χ3n) is 3.55. The molecule has 1 aliphatic heterocycles. The highest BCUT2D eigenvalue weighted by molar-refractivity contribution is 5.55. The first kappa shape index (κ1) is 13.7. The second kappa shape index (κ2) is 6.44. The van der Waals surface area contributed by atoms with E-state index in [-0.39, 0.29) is 0 Å². The molecule has 0 aliphatic carbocycles. The Balaban J connectivity index is 2.23. The molecule has 1 heterocycles. The second-order valence-corrected chi connectivity index (χ2v) is 4.84. The number of nitrogens with zero attached hydrogens (tertiary/aromatic N) is 1. The second-order valence-electron chi connectivity index (χ2n) is 4.84. The van der Waals surface area contributed by atoms with Gasteiger partial charge < -0.3 is 14.8 Å². The van der Waals surface area contributed by atoms with Gasteiger partial charge in [-0.25, -0.2) is 0 Å². The van der Waals surface area contributed by atoms with Crippen LogP contribution < -0.4 is 14.8 Å². The summed E-state index contributed by atoms with van der Waals surface area (Å²) in [6.45, 7) is 1.09. The molecule has 1 aliphatic rings. The summed E-state index contributed by atoms with van der Waals surface area (Å²) in [6.07, 6.45) is 4.65. The summed E-state index contributed by atoms with van der Waals surface area (Å²) < 4.78 is 10.6. The Hall–Kier alpha value is -1.73. The maximum absolute atomic E-state index is 9.20. The Morgan fingerprint density at radius 3 is 2.74 bits per heavy atom. The van der Waals surface area contributed by atoms with Crippen LogP contribution >= 0.6 is 0 Å². The highest BCUT2D eigenvalue weighted by atomic mass is 16.5. The number of ether oxygens (including phenoxy) is 2. The number of benzene rings is 1. The Morgan fingerprint density at radius 1 is 1.32 bits per heavy atom. The Kier molecular flexibility index (Phi) is 4.64. The summed E-state index contributed by atoms with van der Waals surface area (Å²) in [5.74, 6) is 1.15. The van der Waals surface area contributed by atoms with Crippen molar-refractivity contribution in [3.05, 3.63) is 23.3 Å². The molecule has 0 aromatic heterocycles. The van der Waals surface area contributed by atoms with Crippen LogP contribution in [0.3, 0.4) is 0 Å². The number of nitriles is 1. The molecule has 4 nitrogen and oxygen atoms in total. The molecule has 4 heteroatoms. The molecule has 0 saturated carbocycles. The maximum Gasteiger partial charge on any atom is 0.178 e. The monoisotopic (exact) mass is 260 g/mol. The van der Waals surface area contributed by atoms with Gasteiger partial charge in [-0.05, 0) is 43.5 Å². The minimum Gasteiger partial charge on any atom is -0.493 e. The summed E-state index contributed by atoms with van der Waals surface area (Å²) in [6, 6.07) is 6.54. The van der Waals surface area contributed by atoms with Gasteiger partial charge in [0.1, 0.15) is 6.07 Å². The molecule has 1 saturated heterocycles. The predicted molar refractivity (Wildman–Crippen MR) is 73.6 cm³/mol. The lowest BCUT2D eigenvalue weighted by atomic mass is 9.96. The maximum atomic E-state index is 9.20. The van der Waals surface area contributed by atoms with E-state index in [1.807, 2.05) is 12.1 Å². The molecular formula is C15H20N2O2. The first-order valence-electron chi connectivity index (χ1n) is 6.67. The number of rotatable bonds is 4. The van der Waals surface area contributed by atoms with E-state index in [2.05, 4.69) is 11.4 Å². The SMILES string of the molecule is COc1cc(CC2CCCCN2)cc(C#N)c1OC. The summed E-state index contributed by atoms with van der Waals surface area (Å²) in [4.78, 5) is 0. The number of piperidine rings is 1. The van der Waals surface area contributed by atoms with Crippen molar-refractivity contribution in [1.29, 1.82) is 5.26 Å². The van der Waals surface area contributed by atoms with Gasteiger partial charge in [-0.2, -0.15) is 5.26 Å². The van der Waals surface area contributed by atoms with Gasteiger partial charge in [0.25, 0.3) is 0 Å². The average molecular weight is 260 g/mol. The molecule has 1 N–H and O–H groups in total. The molecule has 0 bridgehead atoms. The minimum atomic E-state index is 0.499. The summed E-state index contributed by atoms with van der Waals surface area (Å²) in [7, 11) is 3.16. The topological polar surface area (TPSA) is 54.3 Å². The van der Waals surface area contributed by atoms with Crippen molar-refractivity contribution in [2.45, 2.75) is 31.7 Å². The van der Waals surface area contributed by atoms with Gasteiger partial charge in [0.05, 0.1) is 19.8 Å². The van der Waals surface area contributed by atoms with Gasteiger partial charge in [-0.15, -0.1) is 0 Å². The molecule has 1 atom stereocenters. The lowest BCUT2D eigenvalue weighted by Crippen LogP contribution is -2.35. The number of nitrogens with one attached hydrogen (secondary N) is 1. The van der Waals surface area contributed by atoms with E-state index in [4.69, 9.17) is 9.47 Å². The molecule has 1 aromatic carbocycles. The summed E-state index contributed by atoms with van der Waals surface area (Å²) in [5, 5.41) is 12.7. The van der Waals surface area contributed by atoms with Gasteiger partial charge in [0, 0.05) is 6.04 Å². The first-order valence-corrected chi connectivity index (χ1v) is 6.67. The normalized spacial score (nSPS) is 18.7. The first-order chi connectivity index (χ1) is 9.28. The van der Waals surface area contributed by atoms with E-state index in [9.17, 15) is 5.26 Å². The van der Waals surface area contributed by atoms with Crippen LogP contribution in [0, 0.1) is 11.3 Å². The Morgan fingerprint density at radius 2 is 2.16 bits per heavy atom. The molecular weight excluding hydrogens is 240 g/mol. The molecule has 2 rings (SSSR count). The standard InChI is InChI=1S/C15H20N2O2/c1-18-14-9-11(7-12(10-16)15(14)19-2)8-13-5-3-4-6-17-13/h7,9,13,17H,3-6,8H2,1-2H3. The van der Waals surface area contributed by atoms with E-state index in [1.165, 1.54) is 19.3 Å². The minimum absolute atomic E-state index is 0.499. The van der Waals surface area contributed by atoms with Crippen molar-refractivity contribution in [3.8, 4) is 17.6 Å². The zero-order valence-electron chi connectivity index (χ0n) is 11.5. The van der Waals surface area contributed by atoms with Gasteiger partial charge >= 0.3 is 0 Å². The highest BCUT2D eigenvalue weighted by Crippen LogP contribution is 2.32. The molecule has 19 heavy (non-hydrogen) atoms. The summed E-state index contributed by atoms with van der Waals surface area (Å²) >= 11 is 0. The van der Waals surface area contributed by atoms with Crippen molar-refractivity contribution in [2.75, 3.05) is 20.8 Å². The van der Waals surface area contributed by atoms with Crippen molar-refractivity contribution >= 4 is 0 Å². The lowest BCUT2D eigenvalue weighted by molar-refractivity contribution is 0.352. The molecule has 0 radical (unpaired) electrons. The molecule has 102 valence electrons. The van der Waals surface area contributed by atoms with E-state index < -0.39 is 0 Å². The van der Waals surface area contributed by atoms with Crippen LogP contribution in [0.4, 0.5) is 0 Å². The van der Waals surface area contributed by atoms with Gasteiger partial charge in [-0.3, -0.25) is 0 Å². The van der Waals surface area contributed by atoms with Crippen molar-refractivity contribution < 1.29 is 9.47 Å². The quantitative estimate of drug-likeness (QED) is 0.902. The van der Waals surface area contributed by atoms with Gasteiger partial charge in [0.15, 0.2) is 11.5 Å². The van der Waals surface area contributed by atoms with E-state index in [0.717, 1.165) is 18.5 Å². The van der Waals surface area contributed by atoms with Crippen molar-refractivity contribution in [1.82, 2.24) is 5.32 Å². The van der Waals surface area contributed by atoms with Crippen LogP contribution in [-0.4, -0.2) is 26.8 Å². The van der Waals surface area contributed by atoms with Crippen LogP contribution in [0.2, 0.25) is 0 Å². The zero-order chi connectivity index (χ0) is 13.7. The fraction of sp³-hybridized carbons (Fsp3) is 0.533. The van der Waals surface area contributed by atoms with Crippen LogP contribution in [0.15, 0.2) is 12.1 Å². The number of methoxy groups -OCH3 is 2. The fourth-order valence-electron chi connectivity index (χ4n) is 2.61. The van der Waals surface area contributed by atoms with Crippen molar-refractivity contribution in [2.24, 2.45) is 0 Å². The zero-order valence-corrected chi connectivity index (χ0v) is 11.5. The van der Waals surface area contributed by atoms with Gasteiger partial charge in [-0.1, -0.05) is 6.42 Å². The molecule has 0 spiro atoms. The third kappa shape index (κ3) is 3.18. The molecule has 1 unspecified atom stereocenters. The average Bonchev–Trinajstić information content (AvgIpc) is 2.47. The molecule has 1 aromatic rings. The largest absolute Gasteiger partial charge is 0.493 e. The van der Waals surface area contributed by atoms with E-state index in [1.54, 1.807) is 14.2 Å². The van der Waals surface area contributed by atoms with E-state index in [0.29, 0.717) is 23.1 Å². The Labute approximate surface area is 114 Å². The molecule has 0 amide bonds. The predicted octanol–water partition coefficient (Wildman–Crippen LogP) is 2.26. The Bertz CT molecular complexity index is 474. The third-order valence-corrected chi connectivity index (χ3v) is 3.55. The number of hydrogen-bond donors (Lipinski definition) is 1. The van der Waals surface area contributed by atoms with Crippen LogP contribution in [0.25, 0.3) is 0 Å².